The van der Waals surface area contributed by atoms with Gasteiger partial charge in [0, 0.05) is 82.9 Å². The molecule has 0 radical (unpaired) electrons. The van der Waals surface area contributed by atoms with E-state index in [1.165, 1.54) is 84.0 Å². The molecule has 444 valence electrons. The standard InChI is InChI=1S/C35H33F3N6O4.C28H19F3N4O3S/c1-20-9-10-21(32(46)40-23-13-11-22(36)12-14-23)19-25(20)29-24-15-16-28(45)44(30-26(37)7-6-8-27(30)38)31(24)42-33(41-29)39-17-18-43(5)34(47)48-35(2,3)4;1-15-6-7-16(27(37)32-18-10-8-17(29)9-11-18)14-20(15)24-19-12-13-23(36)35(25-21(30)4-3-5-22(25)31)26(19)34-28(33-24)39(2)38/h6-16,19H,17-18H2,1-5H3,(H,40,46)(H,39,41,42);3-14H,1-2H3,(H,32,37). The molecule has 6 aromatic carbocycles. The van der Waals surface area contributed by atoms with Crippen molar-refractivity contribution in [3.63, 3.8) is 0 Å². The Balaban J connectivity index is 0.000000212. The van der Waals surface area contributed by atoms with Crippen molar-refractivity contribution < 1.29 is 49.7 Å². The minimum Gasteiger partial charge on any atom is -0.444 e. The van der Waals surface area contributed by atoms with Gasteiger partial charge in [-0.3, -0.25) is 32.5 Å². The lowest BCUT2D eigenvalue weighted by Gasteiger charge is -2.24. The number of carbonyl (C=O) groups excluding carboxylic acids is 3. The number of likely N-dealkylation sites (N-methyl/N-ethyl adjacent to an activating group) is 1. The van der Waals surface area contributed by atoms with E-state index >= 15 is 8.78 Å². The lowest BCUT2D eigenvalue weighted by atomic mass is 9.99. The molecular formula is C63H52F6N10O7S. The number of ether oxygens (including phenoxy) is 1. The number of amides is 3. The third-order valence-corrected chi connectivity index (χ3v) is 13.9. The van der Waals surface area contributed by atoms with Crippen LogP contribution in [-0.2, 0) is 15.5 Å². The van der Waals surface area contributed by atoms with E-state index < -0.39 is 91.7 Å². The first-order valence-electron chi connectivity index (χ1n) is 26.5. The van der Waals surface area contributed by atoms with E-state index in [2.05, 4.69) is 30.9 Å². The number of para-hydroxylation sites is 2. The van der Waals surface area contributed by atoms with Crippen molar-refractivity contribution in [2.45, 2.75) is 45.4 Å². The smallest absolute Gasteiger partial charge is 0.410 e. The number of fused-ring (bicyclic) bond motifs is 2. The quantitative estimate of drug-likeness (QED) is 0.0727. The highest BCUT2D eigenvalue weighted by atomic mass is 32.2. The molecule has 0 spiro atoms. The molecule has 0 aliphatic carbocycles. The number of hydrogen-bond donors (Lipinski definition) is 3. The summed E-state index contributed by atoms with van der Waals surface area (Å²) in [5, 5.41) is 8.78. The highest BCUT2D eigenvalue weighted by molar-refractivity contribution is 7.84. The number of nitrogens with zero attached hydrogens (tertiary/aromatic N) is 7. The van der Waals surface area contributed by atoms with Gasteiger partial charge in [0.1, 0.15) is 51.9 Å². The minimum absolute atomic E-state index is 0.00764. The molecule has 0 saturated carbocycles. The van der Waals surface area contributed by atoms with E-state index in [0.717, 1.165) is 45.5 Å². The Morgan fingerprint density at radius 1 is 0.575 bits per heavy atom. The number of pyridine rings is 2. The lowest BCUT2D eigenvalue weighted by Crippen LogP contribution is -2.36. The Morgan fingerprint density at radius 3 is 1.43 bits per heavy atom. The highest BCUT2D eigenvalue weighted by Crippen LogP contribution is 2.34. The largest absolute Gasteiger partial charge is 0.444 e. The molecule has 0 fully saturated rings. The van der Waals surface area contributed by atoms with Crippen LogP contribution in [0.4, 0.5) is 48.5 Å². The van der Waals surface area contributed by atoms with Crippen LogP contribution in [0.15, 0.2) is 160 Å². The third-order valence-electron chi connectivity index (χ3n) is 13.2. The Labute approximate surface area is 494 Å². The van der Waals surface area contributed by atoms with E-state index in [1.807, 2.05) is 0 Å². The van der Waals surface area contributed by atoms with Gasteiger partial charge in [-0.25, -0.2) is 46.1 Å². The lowest BCUT2D eigenvalue weighted by molar-refractivity contribution is 0.0305. The molecule has 3 N–H and O–H groups in total. The Morgan fingerprint density at radius 2 is 1.00 bits per heavy atom. The van der Waals surface area contributed by atoms with Crippen molar-refractivity contribution in [1.82, 2.24) is 34.0 Å². The van der Waals surface area contributed by atoms with Gasteiger partial charge in [0.25, 0.3) is 22.9 Å². The van der Waals surface area contributed by atoms with Gasteiger partial charge in [-0.1, -0.05) is 24.3 Å². The fourth-order valence-electron chi connectivity index (χ4n) is 8.94. The van der Waals surface area contributed by atoms with Crippen molar-refractivity contribution in [3.05, 3.63) is 223 Å². The van der Waals surface area contributed by atoms with E-state index in [1.54, 1.807) is 78.1 Å². The second-order valence-corrected chi connectivity index (χ2v) is 21.9. The fraction of sp³-hybridized carbons (Fsp3) is 0.159. The average molecular weight is 1210 g/mol. The Kier molecular flexibility index (Phi) is 17.9. The van der Waals surface area contributed by atoms with Gasteiger partial charge in [-0.15, -0.1) is 0 Å². The molecule has 1 unspecified atom stereocenters. The van der Waals surface area contributed by atoms with Crippen LogP contribution in [0.1, 0.15) is 52.6 Å². The number of nitrogens with one attached hydrogen (secondary N) is 3. The highest BCUT2D eigenvalue weighted by Gasteiger charge is 2.25. The monoisotopic (exact) mass is 1210 g/mol. The summed E-state index contributed by atoms with van der Waals surface area (Å²) in [6, 6.07) is 31.9. The number of rotatable bonds is 13. The average Bonchev–Trinajstić information content (AvgIpc) is 1.39. The van der Waals surface area contributed by atoms with Gasteiger partial charge in [-0.05, 0) is 155 Å². The molecule has 4 aromatic heterocycles. The molecule has 87 heavy (non-hydrogen) atoms. The molecule has 1 atom stereocenters. The van der Waals surface area contributed by atoms with Crippen LogP contribution in [0.25, 0.3) is 56.0 Å². The Hall–Kier alpha value is -10.4. The third kappa shape index (κ3) is 13.8. The molecule has 0 bridgehead atoms. The van der Waals surface area contributed by atoms with Gasteiger partial charge < -0.3 is 25.6 Å². The molecule has 3 amide bonds. The zero-order valence-corrected chi connectivity index (χ0v) is 48.3. The van der Waals surface area contributed by atoms with Crippen molar-refractivity contribution in [1.29, 1.82) is 0 Å². The summed E-state index contributed by atoms with van der Waals surface area (Å²) in [7, 11) is -0.173. The van der Waals surface area contributed by atoms with Crippen LogP contribution < -0.4 is 27.1 Å². The molecule has 0 aliphatic rings. The van der Waals surface area contributed by atoms with Crippen LogP contribution >= 0.6 is 0 Å². The number of aryl methyl sites for hydroxylation is 2. The molecule has 24 heteroatoms. The van der Waals surface area contributed by atoms with Crippen LogP contribution in [0.3, 0.4) is 0 Å². The van der Waals surface area contributed by atoms with Crippen molar-refractivity contribution >= 4 is 68.1 Å². The first-order valence-corrected chi connectivity index (χ1v) is 28.0. The van der Waals surface area contributed by atoms with Crippen LogP contribution in [0.2, 0.25) is 0 Å². The molecule has 10 rings (SSSR count). The normalized spacial score (nSPS) is 11.6. The SMILES string of the molecule is Cc1ccc(C(=O)Nc2ccc(F)cc2)cc1-c1nc(NCCN(C)C(=O)OC(C)(C)C)nc2c1ccc(=O)n2-c1c(F)cccc1F.Cc1ccc(C(=O)Nc2ccc(F)cc2)cc1-c1nc(S(C)=O)nc2c1ccc(=O)n2-c1c(F)cccc1F. The summed E-state index contributed by atoms with van der Waals surface area (Å²) in [5.74, 6) is -5.79. The second-order valence-electron chi connectivity index (χ2n) is 20.6. The van der Waals surface area contributed by atoms with Gasteiger partial charge in [0.2, 0.25) is 11.1 Å². The zero-order chi connectivity index (χ0) is 62.6. The second kappa shape index (κ2) is 25.5. The summed E-state index contributed by atoms with van der Waals surface area (Å²) in [6.45, 7) is 9.13. The van der Waals surface area contributed by atoms with E-state index in [0.29, 0.717) is 33.6 Å². The molecule has 0 saturated heterocycles. The summed E-state index contributed by atoms with van der Waals surface area (Å²) < 4.78 is 106. The maximum absolute atomic E-state index is 15.1. The number of benzene rings is 6. The first kappa shape index (κ1) is 61.2. The maximum Gasteiger partial charge on any atom is 0.410 e. The van der Waals surface area contributed by atoms with E-state index in [9.17, 15) is 45.7 Å². The van der Waals surface area contributed by atoms with Gasteiger partial charge in [0.05, 0.1) is 22.2 Å². The predicted molar refractivity (Wildman–Crippen MR) is 319 cm³/mol. The van der Waals surface area contributed by atoms with Gasteiger partial charge in [-0.2, -0.15) is 4.98 Å². The molecule has 17 nitrogen and oxygen atoms in total. The van der Waals surface area contributed by atoms with E-state index in [4.69, 9.17) is 9.72 Å². The number of aromatic nitrogens is 6. The van der Waals surface area contributed by atoms with Crippen molar-refractivity contribution in [2.24, 2.45) is 0 Å². The van der Waals surface area contributed by atoms with Gasteiger partial charge >= 0.3 is 6.09 Å². The minimum atomic E-state index is -1.74. The first-order chi connectivity index (χ1) is 41.3. The Bertz CT molecular complexity index is 4460. The van der Waals surface area contributed by atoms with Gasteiger partial charge in [0.15, 0.2) is 11.3 Å². The molecule has 0 aliphatic heterocycles. The predicted octanol–water partition coefficient (Wildman–Crippen LogP) is 11.9. The number of carbonyl (C=O) groups is 3. The van der Waals surface area contributed by atoms with Crippen LogP contribution in [0.5, 0.6) is 0 Å². The summed E-state index contributed by atoms with van der Waals surface area (Å²) >= 11 is 0. The van der Waals surface area contributed by atoms with Crippen molar-refractivity contribution in [2.75, 3.05) is 42.3 Å². The summed E-state index contributed by atoms with van der Waals surface area (Å²) in [5.41, 5.74) is 0.337. The fourth-order valence-corrected chi connectivity index (χ4v) is 9.38. The molecule has 10 aromatic rings. The number of halogens is 6. The maximum atomic E-state index is 15.1. The van der Waals surface area contributed by atoms with Crippen LogP contribution in [0, 0.1) is 48.8 Å². The van der Waals surface area contributed by atoms with Crippen LogP contribution in [-0.4, -0.2) is 88.1 Å². The van der Waals surface area contributed by atoms with E-state index in [-0.39, 0.29) is 68.8 Å². The number of hydrogen-bond acceptors (Lipinski definition) is 12. The molecular weight excluding hydrogens is 1150 g/mol. The number of anilines is 3. The summed E-state index contributed by atoms with van der Waals surface area (Å²) in [6.07, 6.45) is 0.791. The zero-order valence-electron chi connectivity index (χ0n) is 47.4. The topological polar surface area (TPSA) is 212 Å². The van der Waals surface area contributed by atoms with Crippen molar-refractivity contribution in [3.8, 4) is 33.9 Å². The summed E-state index contributed by atoms with van der Waals surface area (Å²) in [4.78, 5) is 84.0. The molecule has 4 heterocycles.